The fourth-order valence-corrected chi connectivity index (χ4v) is 2.36. The maximum absolute atomic E-state index is 12.7. The van der Waals surface area contributed by atoms with Crippen molar-refractivity contribution in [3.8, 4) is 0 Å². The minimum absolute atomic E-state index is 0.128. The minimum atomic E-state index is -0.503. The Morgan fingerprint density at radius 1 is 1.44 bits per heavy atom. The van der Waals surface area contributed by atoms with Gasteiger partial charge >= 0.3 is 0 Å². The molecule has 0 bridgehead atoms. The molecular weight excluding hydrogens is 230 g/mol. The summed E-state index contributed by atoms with van der Waals surface area (Å²) >= 11 is 0. The summed E-state index contributed by atoms with van der Waals surface area (Å²) in [7, 11) is 0. The second-order valence-electron chi connectivity index (χ2n) is 5.02. The van der Waals surface area contributed by atoms with Crippen LogP contribution in [0.25, 0.3) is 0 Å². The van der Waals surface area contributed by atoms with E-state index in [0.717, 1.165) is 13.1 Å². The zero-order valence-corrected chi connectivity index (χ0v) is 11.3. The van der Waals surface area contributed by atoms with E-state index in [-0.39, 0.29) is 5.78 Å². The van der Waals surface area contributed by atoms with Crippen molar-refractivity contribution < 1.29 is 9.53 Å². The summed E-state index contributed by atoms with van der Waals surface area (Å²) in [4.78, 5) is 14.8. The summed E-state index contributed by atoms with van der Waals surface area (Å²) in [5.74, 6) is 0.128. The number of ketones is 1. The molecule has 18 heavy (non-hydrogen) atoms. The Kier molecular flexibility index (Phi) is 3.82. The highest BCUT2D eigenvalue weighted by molar-refractivity contribution is 6.01. The summed E-state index contributed by atoms with van der Waals surface area (Å²) in [5, 5.41) is 4.17. The van der Waals surface area contributed by atoms with E-state index in [1.54, 1.807) is 16.9 Å². The maximum Gasteiger partial charge on any atom is 0.200 e. The van der Waals surface area contributed by atoms with Crippen LogP contribution < -0.4 is 0 Å². The van der Waals surface area contributed by atoms with Crippen LogP contribution in [0.2, 0.25) is 0 Å². The van der Waals surface area contributed by atoms with E-state index in [0.29, 0.717) is 25.5 Å². The Bertz CT molecular complexity index is 420. The van der Waals surface area contributed by atoms with Crippen LogP contribution in [0.3, 0.4) is 0 Å². The number of Topliss-reactive ketones (excluding diaryl/α,β-unsaturated/α-hetero) is 1. The van der Waals surface area contributed by atoms with Gasteiger partial charge in [-0.25, -0.2) is 0 Å². The molecule has 1 aliphatic rings. The van der Waals surface area contributed by atoms with Gasteiger partial charge in [0.05, 0.1) is 18.8 Å². The zero-order chi connectivity index (χ0) is 13.2. The summed E-state index contributed by atoms with van der Waals surface area (Å²) in [6.07, 6.45) is 1.69. The van der Waals surface area contributed by atoms with E-state index >= 15 is 0 Å². The van der Waals surface area contributed by atoms with Crippen LogP contribution in [0.15, 0.2) is 12.3 Å². The third kappa shape index (κ3) is 2.33. The Hall–Kier alpha value is -1.20. The first-order valence-corrected chi connectivity index (χ1v) is 6.46. The predicted octanol–water partition coefficient (Wildman–Crippen LogP) is 1.20. The molecular formula is C13H21N3O2. The average molecular weight is 251 g/mol. The molecule has 0 spiro atoms. The third-order valence-corrected chi connectivity index (χ3v) is 3.61. The van der Waals surface area contributed by atoms with Crippen molar-refractivity contribution in [3.63, 3.8) is 0 Å². The molecule has 1 fully saturated rings. The van der Waals surface area contributed by atoms with Gasteiger partial charge in [0.2, 0.25) is 0 Å². The van der Waals surface area contributed by atoms with Crippen molar-refractivity contribution in [1.29, 1.82) is 0 Å². The van der Waals surface area contributed by atoms with E-state index in [2.05, 4.69) is 10.00 Å². The van der Waals surface area contributed by atoms with Crippen LogP contribution in [0.4, 0.5) is 0 Å². The highest BCUT2D eigenvalue weighted by Gasteiger charge is 2.37. The highest BCUT2D eigenvalue weighted by atomic mass is 16.5. The summed E-state index contributed by atoms with van der Waals surface area (Å²) < 4.78 is 7.09. The molecule has 0 N–H and O–H groups in total. The number of carbonyl (C=O) groups is 1. The second kappa shape index (κ2) is 5.20. The molecule has 1 aromatic rings. The Morgan fingerprint density at radius 3 is 2.72 bits per heavy atom. The molecule has 0 aromatic carbocycles. The Balaban J connectivity index is 2.20. The SMILES string of the molecule is CCn1nccc1C(=O)C(C)(C)N1CCOCC1. The smallest absolute Gasteiger partial charge is 0.200 e. The number of nitrogens with zero attached hydrogens (tertiary/aromatic N) is 3. The standard InChI is InChI=1S/C13H21N3O2/c1-4-16-11(5-6-14-16)12(17)13(2,3)15-7-9-18-10-8-15/h5-6H,4,7-10H2,1-3H3. The van der Waals surface area contributed by atoms with E-state index in [9.17, 15) is 4.79 Å². The molecule has 0 saturated carbocycles. The summed E-state index contributed by atoms with van der Waals surface area (Å²) in [6, 6.07) is 1.80. The fraction of sp³-hybridized carbons (Fsp3) is 0.692. The number of hydrogen-bond acceptors (Lipinski definition) is 4. The van der Waals surface area contributed by atoms with Gasteiger partial charge in [-0.2, -0.15) is 5.10 Å². The van der Waals surface area contributed by atoms with Gasteiger partial charge in [-0.3, -0.25) is 14.4 Å². The minimum Gasteiger partial charge on any atom is -0.379 e. The van der Waals surface area contributed by atoms with Crippen LogP contribution in [0, 0.1) is 0 Å². The second-order valence-corrected chi connectivity index (χ2v) is 5.02. The van der Waals surface area contributed by atoms with Gasteiger partial charge in [0, 0.05) is 25.8 Å². The number of carbonyl (C=O) groups excluding carboxylic acids is 1. The van der Waals surface area contributed by atoms with Crippen LogP contribution in [-0.2, 0) is 11.3 Å². The van der Waals surface area contributed by atoms with Crippen LogP contribution >= 0.6 is 0 Å². The molecule has 2 rings (SSSR count). The van der Waals surface area contributed by atoms with Crippen molar-refractivity contribution in [2.45, 2.75) is 32.9 Å². The Morgan fingerprint density at radius 2 is 2.11 bits per heavy atom. The van der Waals surface area contributed by atoms with E-state index < -0.39 is 5.54 Å². The normalized spacial score (nSPS) is 17.9. The van der Waals surface area contributed by atoms with Crippen molar-refractivity contribution >= 4 is 5.78 Å². The van der Waals surface area contributed by atoms with Gasteiger partial charge in [-0.1, -0.05) is 0 Å². The van der Waals surface area contributed by atoms with Gasteiger partial charge in [0.25, 0.3) is 0 Å². The first kappa shape index (κ1) is 13.2. The molecule has 100 valence electrons. The number of morpholine rings is 1. The maximum atomic E-state index is 12.7. The monoisotopic (exact) mass is 251 g/mol. The molecule has 0 amide bonds. The zero-order valence-electron chi connectivity index (χ0n) is 11.3. The fourth-order valence-electron chi connectivity index (χ4n) is 2.36. The van der Waals surface area contributed by atoms with E-state index in [4.69, 9.17) is 4.74 Å². The van der Waals surface area contributed by atoms with Gasteiger partial charge in [-0.15, -0.1) is 0 Å². The van der Waals surface area contributed by atoms with Crippen molar-refractivity contribution in [2.24, 2.45) is 0 Å². The van der Waals surface area contributed by atoms with Crippen molar-refractivity contribution in [2.75, 3.05) is 26.3 Å². The molecule has 2 heterocycles. The molecule has 1 saturated heterocycles. The molecule has 0 atom stereocenters. The summed E-state index contributed by atoms with van der Waals surface area (Å²) in [6.45, 7) is 9.67. The van der Waals surface area contributed by atoms with Crippen molar-refractivity contribution in [3.05, 3.63) is 18.0 Å². The summed E-state index contributed by atoms with van der Waals surface area (Å²) in [5.41, 5.74) is 0.186. The largest absolute Gasteiger partial charge is 0.379 e. The first-order chi connectivity index (χ1) is 8.57. The number of rotatable bonds is 4. The number of aryl methyl sites for hydroxylation is 1. The van der Waals surface area contributed by atoms with Gasteiger partial charge in [-0.05, 0) is 26.8 Å². The predicted molar refractivity (Wildman–Crippen MR) is 68.7 cm³/mol. The number of ether oxygens (including phenoxy) is 1. The van der Waals surface area contributed by atoms with Crippen LogP contribution in [0.5, 0.6) is 0 Å². The van der Waals surface area contributed by atoms with Crippen LogP contribution in [0.1, 0.15) is 31.3 Å². The molecule has 5 nitrogen and oxygen atoms in total. The van der Waals surface area contributed by atoms with Gasteiger partial charge < -0.3 is 4.74 Å². The molecule has 0 aliphatic carbocycles. The third-order valence-electron chi connectivity index (χ3n) is 3.61. The number of aromatic nitrogens is 2. The molecule has 5 heteroatoms. The average Bonchev–Trinajstić information content (AvgIpc) is 2.87. The lowest BCUT2D eigenvalue weighted by Crippen LogP contribution is -2.54. The lowest BCUT2D eigenvalue weighted by molar-refractivity contribution is -0.00465. The molecule has 0 unspecified atom stereocenters. The van der Waals surface area contributed by atoms with E-state index in [1.165, 1.54) is 0 Å². The van der Waals surface area contributed by atoms with Crippen molar-refractivity contribution in [1.82, 2.24) is 14.7 Å². The topological polar surface area (TPSA) is 47.4 Å². The lowest BCUT2D eigenvalue weighted by atomic mass is 9.93. The molecule has 1 aromatic heterocycles. The molecule has 0 radical (unpaired) electrons. The van der Waals surface area contributed by atoms with Crippen LogP contribution in [-0.4, -0.2) is 52.3 Å². The first-order valence-electron chi connectivity index (χ1n) is 6.46. The lowest BCUT2D eigenvalue weighted by Gasteiger charge is -2.39. The quantitative estimate of drug-likeness (QED) is 0.754. The Labute approximate surface area is 108 Å². The van der Waals surface area contributed by atoms with E-state index in [1.807, 2.05) is 20.8 Å². The van der Waals surface area contributed by atoms with Gasteiger partial charge in [0.15, 0.2) is 5.78 Å². The highest BCUT2D eigenvalue weighted by Crippen LogP contribution is 2.21. The van der Waals surface area contributed by atoms with Gasteiger partial charge in [0.1, 0.15) is 5.69 Å². The molecule has 1 aliphatic heterocycles. The number of hydrogen-bond donors (Lipinski definition) is 0.